The molecule has 13 nitrogen and oxygen atoms in total. The highest BCUT2D eigenvalue weighted by Crippen LogP contribution is 2.43. The molecule has 3 aromatic rings. The molecule has 1 unspecified atom stereocenters. The number of aliphatic hydroxyl groups excluding tert-OH is 8. The first-order valence-electron chi connectivity index (χ1n) is 16.8. The zero-order valence-corrected chi connectivity index (χ0v) is 27.4. The third-order valence-electron chi connectivity index (χ3n) is 9.89. The minimum Gasteiger partial charge on any atom is -0.462 e. The van der Waals surface area contributed by atoms with Crippen LogP contribution in [0.15, 0.2) is 66.7 Å². The van der Waals surface area contributed by atoms with E-state index in [4.69, 9.17) is 18.9 Å². The van der Waals surface area contributed by atoms with Gasteiger partial charge in [0, 0.05) is 18.2 Å². The minimum atomic E-state index is -1.79. The quantitative estimate of drug-likeness (QED) is 0.134. The van der Waals surface area contributed by atoms with Crippen molar-refractivity contribution >= 4 is 5.69 Å². The van der Waals surface area contributed by atoms with Crippen molar-refractivity contribution in [3.8, 4) is 5.75 Å². The molecule has 0 saturated carbocycles. The first-order valence-corrected chi connectivity index (χ1v) is 16.8. The summed E-state index contributed by atoms with van der Waals surface area (Å²) in [5, 5.41) is 86.1. The Hall–Kier alpha value is -3.32. The molecule has 0 bridgehead atoms. The number of benzene rings is 3. The Morgan fingerprint density at radius 2 is 1.39 bits per heavy atom. The largest absolute Gasteiger partial charge is 0.462 e. The summed E-state index contributed by atoms with van der Waals surface area (Å²) in [6, 6.07) is 17.0. The lowest BCUT2D eigenvalue weighted by atomic mass is 9.75. The summed E-state index contributed by atoms with van der Waals surface area (Å²) >= 11 is 0. The van der Waals surface area contributed by atoms with E-state index in [-0.39, 0.29) is 17.6 Å². The maximum absolute atomic E-state index is 14.5. The van der Waals surface area contributed by atoms with Crippen LogP contribution in [0.4, 0.5) is 14.5 Å². The Morgan fingerprint density at radius 3 is 2.08 bits per heavy atom. The van der Waals surface area contributed by atoms with Gasteiger partial charge in [0.05, 0.1) is 19.3 Å². The third-order valence-corrected chi connectivity index (χ3v) is 9.89. The van der Waals surface area contributed by atoms with Gasteiger partial charge in [0.2, 0.25) is 6.29 Å². The van der Waals surface area contributed by atoms with Crippen LogP contribution in [0.2, 0.25) is 0 Å². The van der Waals surface area contributed by atoms with E-state index in [2.05, 4.69) is 5.32 Å². The molecule has 6 rings (SSSR count). The van der Waals surface area contributed by atoms with Gasteiger partial charge in [-0.25, -0.2) is 8.78 Å². The number of hydrogen-bond donors (Lipinski definition) is 9. The Morgan fingerprint density at radius 1 is 0.745 bits per heavy atom. The fraction of sp³-hybridized carbons (Fsp3) is 0.500. The third kappa shape index (κ3) is 8.04. The fourth-order valence-electron chi connectivity index (χ4n) is 7.05. The highest BCUT2D eigenvalue weighted by molar-refractivity contribution is 5.58. The SMILES string of the molecule is OC[C@H]1O[C@@H](O[C@H]2[C@H](O)[C@@H](O)C(Oc3ccc([C@H]4c5cc(F)ccc5NC[C@@H]4CC[C@H](O)c4ccc(F)cc4)cc3)O[C@@H]2CO)[C@H](O)[C@@H](O)[C@@H]1O. The van der Waals surface area contributed by atoms with Crippen molar-refractivity contribution in [2.45, 2.75) is 86.3 Å². The zero-order chi connectivity index (χ0) is 36.4. The van der Waals surface area contributed by atoms with Gasteiger partial charge in [-0.3, -0.25) is 0 Å². The fourth-order valence-corrected chi connectivity index (χ4v) is 7.05. The lowest BCUT2D eigenvalue weighted by molar-refractivity contribution is -0.352. The van der Waals surface area contributed by atoms with E-state index in [0.29, 0.717) is 24.9 Å². The van der Waals surface area contributed by atoms with Crippen LogP contribution < -0.4 is 10.1 Å². The van der Waals surface area contributed by atoms with E-state index in [1.165, 1.54) is 24.3 Å². The molecule has 9 N–H and O–H groups in total. The van der Waals surface area contributed by atoms with E-state index in [9.17, 15) is 49.6 Å². The molecule has 0 aliphatic carbocycles. The number of ether oxygens (including phenoxy) is 4. The second kappa shape index (κ2) is 16.1. The lowest BCUT2D eigenvalue weighted by Gasteiger charge is -2.45. The predicted octanol–water partition coefficient (Wildman–Crippen LogP) is 0.655. The molecule has 2 saturated heterocycles. The van der Waals surface area contributed by atoms with Gasteiger partial charge in [-0.05, 0) is 77.9 Å². The van der Waals surface area contributed by atoms with Gasteiger partial charge in [-0.1, -0.05) is 24.3 Å². The van der Waals surface area contributed by atoms with Crippen LogP contribution in [0.1, 0.15) is 41.6 Å². The van der Waals surface area contributed by atoms with Crippen molar-refractivity contribution in [3.63, 3.8) is 0 Å². The molecule has 278 valence electrons. The molecular formula is C36H43F2NO12. The molecule has 3 aromatic carbocycles. The second-order valence-corrected chi connectivity index (χ2v) is 13.2. The number of anilines is 1. The van der Waals surface area contributed by atoms with Gasteiger partial charge >= 0.3 is 0 Å². The average molecular weight is 720 g/mol. The van der Waals surface area contributed by atoms with Crippen molar-refractivity contribution < 1.29 is 68.6 Å². The second-order valence-electron chi connectivity index (χ2n) is 13.2. The van der Waals surface area contributed by atoms with Gasteiger partial charge in [-0.2, -0.15) is 0 Å². The van der Waals surface area contributed by atoms with Crippen molar-refractivity contribution in [3.05, 3.63) is 95.1 Å². The van der Waals surface area contributed by atoms with Crippen LogP contribution in [0.25, 0.3) is 0 Å². The molecule has 0 amide bonds. The van der Waals surface area contributed by atoms with Crippen LogP contribution in [-0.2, 0) is 14.2 Å². The number of halogens is 2. The zero-order valence-electron chi connectivity index (χ0n) is 27.4. The summed E-state index contributed by atoms with van der Waals surface area (Å²) in [7, 11) is 0. The number of hydrogen-bond acceptors (Lipinski definition) is 13. The van der Waals surface area contributed by atoms with E-state index >= 15 is 0 Å². The molecule has 0 spiro atoms. The predicted molar refractivity (Wildman–Crippen MR) is 174 cm³/mol. The minimum absolute atomic E-state index is 0.0641. The summed E-state index contributed by atoms with van der Waals surface area (Å²) in [5.74, 6) is -0.902. The number of fused-ring (bicyclic) bond motifs is 1. The maximum Gasteiger partial charge on any atom is 0.229 e. The first kappa shape index (κ1) is 37.4. The van der Waals surface area contributed by atoms with Gasteiger partial charge in [0.25, 0.3) is 0 Å². The molecule has 0 radical (unpaired) electrons. The Bertz CT molecular complexity index is 1580. The van der Waals surface area contributed by atoms with Crippen molar-refractivity contribution in [2.24, 2.45) is 5.92 Å². The standard InChI is InChI=1S/C36H43F2NO12/c37-20-6-1-17(2-7-20)25(42)12-5-19-14-39-24-11-8-21(38)13-23(24)28(19)18-3-9-22(10-4-18)48-35-33(47)31(45)34(27(16-41)50-35)51-36-32(46)30(44)29(43)26(15-40)49-36/h1-4,6-11,13,19,25-36,39-47H,5,12,14-16H2/t19-,25-,26+,27+,28+,29+,30-,31+,32+,33+,34+,35?,36-/m0/s1. The number of aliphatic hydroxyl groups is 8. The molecule has 51 heavy (non-hydrogen) atoms. The molecule has 3 heterocycles. The molecule has 15 heteroatoms. The van der Waals surface area contributed by atoms with Gasteiger partial charge in [0.15, 0.2) is 6.29 Å². The van der Waals surface area contributed by atoms with Crippen LogP contribution in [-0.4, -0.2) is 122 Å². The van der Waals surface area contributed by atoms with Crippen molar-refractivity contribution in [1.82, 2.24) is 0 Å². The summed E-state index contributed by atoms with van der Waals surface area (Å²) < 4.78 is 50.5. The van der Waals surface area contributed by atoms with Crippen LogP contribution >= 0.6 is 0 Å². The van der Waals surface area contributed by atoms with Gasteiger partial charge < -0.3 is 65.1 Å². The van der Waals surface area contributed by atoms with Crippen molar-refractivity contribution in [2.75, 3.05) is 25.1 Å². The average Bonchev–Trinajstić information content (AvgIpc) is 3.14. The van der Waals surface area contributed by atoms with Gasteiger partial charge in [0.1, 0.15) is 66.2 Å². The Kier molecular flexibility index (Phi) is 11.8. The maximum atomic E-state index is 14.5. The van der Waals surface area contributed by atoms with Crippen LogP contribution in [0.5, 0.6) is 5.75 Å². The van der Waals surface area contributed by atoms with Crippen LogP contribution in [0.3, 0.4) is 0 Å². The molecule has 2 fully saturated rings. The number of nitrogens with one attached hydrogen (secondary N) is 1. The Balaban J connectivity index is 1.15. The summed E-state index contributed by atoms with van der Waals surface area (Å²) in [4.78, 5) is 0. The van der Waals surface area contributed by atoms with Gasteiger partial charge in [-0.15, -0.1) is 0 Å². The normalized spacial score (nSPS) is 34.3. The van der Waals surface area contributed by atoms with Crippen molar-refractivity contribution in [1.29, 1.82) is 0 Å². The molecule has 3 aliphatic rings. The number of rotatable bonds is 11. The topological polar surface area (TPSA) is 211 Å². The Labute approximate surface area is 292 Å². The highest BCUT2D eigenvalue weighted by Gasteiger charge is 2.51. The van der Waals surface area contributed by atoms with Crippen LogP contribution in [0, 0.1) is 17.6 Å². The van der Waals surface area contributed by atoms with E-state index in [1.54, 1.807) is 42.5 Å². The molecular weight excluding hydrogens is 676 g/mol. The lowest BCUT2D eigenvalue weighted by Crippen LogP contribution is -2.65. The first-order chi connectivity index (χ1) is 24.5. The molecule has 13 atom stereocenters. The summed E-state index contributed by atoms with van der Waals surface area (Å²) in [6.45, 7) is -0.877. The molecule has 0 aromatic heterocycles. The van der Waals surface area contributed by atoms with E-state index in [0.717, 1.165) is 16.8 Å². The summed E-state index contributed by atoms with van der Waals surface area (Å²) in [6.07, 6.45) is -15.7. The highest BCUT2D eigenvalue weighted by atomic mass is 19.1. The summed E-state index contributed by atoms with van der Waals surface area (Å²) in [5.41, 5.74) is 2.93. The van der Waals surface area contributed by atoms with E-state index < -0.39 is 92.4 Å². The van der Waals surface area contributed by atoms with E-state index in [1.807, 2.05) is 0 Å². The smallest absolute Gasteiger partial charge is 0.229 e. The monoisotopic (exact) mass is 719 g/mol. The molecule has 3 aliphatic heterocycles.